The van der Waals surface area contributed by atoms with Crippen molar-refractivity contribution in [3.63, 3.8) is 0 Å². The van der Waals surface area contributed by atoms with Crippen molar-refractivity contribution in [1.29, 1.82) is 0 Å². The van der Waals surface area contributed by atoms with E-state index in [0.29, 0.717) is 52.6 Å². The third kappa shape index (κ3) is 6.67. The molecule has 1 saturated carbocycles. The summed E-state index contributed by atoms with van der Waals surface area (Å²) in [6.07, 6.45) is 1.60. The molecule has 0 bridgehead atoms. The van der Waals surface area contributed by atoms with Crippen molar-refractivity contribution in [3.05, 3.63) is 83.0 Å². The molecule has 2 aromatic carbocycles. The summed E-state index contributed by atoms with van der Waals surface area (Å²) < 4.78 is 34.2. The molecule has 7 rings (SSSR count). The number of carbonyl (C=O) groups excluding carboxylic acids is 3. The Hall–Kier alpha value is -4.86. The molecule has 0 spiro atoms. The number of ether oxygens (including phenoxy) is 1. The van der Waals surface area contributed by atoms with E-state index in [1.54, 1.807) is 29.2 Å². The largest absolute Gasteiger partial charge is 0.445 e. The van der Waals surface area contributed by atoms with Gasteiger partial charge in [0.2, 0.25) is 15.9 Å². The molecule has 1 saturated heterocycles. The van der Waals surface area contributed by atoms with Crippen LogP contribution in [0.3, 0.4) is 0 Å². The fourth-order valence-corrected chi connectivity index (χ4v) is 8.36. The van der Waals surface area contributed by atoms with Crippen LogP contribution in [0.1, 0.15) is 46.9 Å². The number of rotatable bonds is 10. The highest BCUT2D eigenvalue weighted by Gasteiger charge is 2.41. The molecular formula is C35H37N7O6S2. The standard InChI is InChI=1S/C35H37N7O6S2/c1-21-32(25-16-26-18-42(22(2)24-12-13-24)33(44)31(26)27(17-25)50(46,47)36-3)49-34(37-21)39-28-10-7-11-29(38-28)41-15-14-40(19-30(41)43)35(45)48-20-23-8-5-4-6-9-23/h4-11,16-17,22,24,36H,12-15,18-20H2,1-3H3,(H,37,38,39)/t22-/m0/s1. The molecular weight excluding hydrogens is 679 g/mol. The zero-order valence-electron chi connectivity index (χ0n) is 27.9. The number of fused-ring (bicyclic) bond motifs is 1. The summed E-state index contributed by atoms with van der Waals surface area (Å²) >= 11 is 1.34. The van der Waals surface area contributed by atoms with Crippen LogP contribution in [0.5, 0.6) is 0 Å². The summed E-state index contributed by atoms with van der Waals surface area (Å²) in [6, 6.07) is 18.1. The third-order valence-electron chi connectivity index (χ3n) is 9.34. The van der Waals surface area contributed by atoms with E-state index in [2.05, 4.69) is 20.0 Å². The van der Waals surface area contributed by atoms with Crippen LogP contribution in [-0.4, -0.2) is 78.8 Å². The quantitative estimate of drug-likeness (QED) is 0.233. The monoisotopic (exact) mass is 715 g/mol. The smallest absolute Gasteiger partial charge is 0.410 e. The van der Waals surface area contributed by atoms with Gasteiger partial charge in [-0.05, 0) is 80.6 Å². The molecule has 1 aliphatic carbocycles. The molecule has 15 heteroatoms. The number of hydrogen-bond donors (Lipinski definition) is 2. The van der Waals surface area contributed by atoms with Crippen LogP contribution in [0.25, 0.3) is 10.4 Å². The van der Waals surface area contributed by atoms with Crippen LogP contribution < -0.4 is 14.9 Å². The Bertz CT molecular complexity index is 2080. The average Bonchev–Trinajstić information content (AvgIpc) is 3.83. The highest BCUT2D eigenvalue weighted by molar-refractivity contribution is 7.89. The number of thiazole rings is 1. The number of anilines is 3. The Morgan fingerprint density at radius 2 is 1.82 bits per heavy atom. The van der Waals surface area contributed by atoms with E-state index in [0.717, 1.165) is 23.3 Å². The summed E-state index contributed by atoms with van der Waals surface area (Å²) in [5, 5.41) is 3.75. The SMILES string of the molecule is CNS(=O)(=O)c1cc(-c2sc(Nc3cccc(N4CCN(C(=O)OCc5ccccc5)CC4=O)n3)nc2C)cc2c1C(=O)N([C@@H](C)C1CC1)C2. The van der Waals surface area contributed by atoms with E-state index in [1.165, 1.54) is 28.2 Å². The number of amides is 3. The van der Waals surface area contributed by atoms with Gasteiger partial charge in [-0.15, -0.1) is 0 Å². The molecule has 0 radical (unpaired) electrons. The van der Waals surface area contributed by atoms with Gasteiger partial charge in [-0.3, -0.25) is 19.4 Å². The summed E-state index contributed by atoms with van der Waals surface area (Å²) in [6.45, 7) is 4.78. The van der Waals surface area contributed by atoms with Gasteiger partial charge < -0.3 is 15.0 Å². The number of benzene rings is 2. The Morgan fingerprint density at radius 1 is 1.04 bits per heavy atom. The highest BCUT2D eigenvalue weighted by Crippen LogP contribution is 2.42. The second kappa shape index (κ2) is 13.5. The number of nitrogens with zero attached hydrogens (tertiary/aromatic N) is 5. The first kappa shape index (κ1) is 33.6. The molecule has 2 fully saturated rings. The van der Waals surface area contributed by atoms with Gasteiger partial charge in [0.05, 0.1) is 21.0 Å². The predicted molar refractivity (Wildman–Crippen MR) is 189 cm³/mol. The van der Waals surface area contributed by atoms with Crippen LogP contribution in [0.15, 0.2) is 65.6 Å². The van der Waals surface area contributed by atoms with E-state index in [4.69, 9.17) is 4.74 Å². The summed E-state index contributed by atoms with van der Waals surface area (Å²) in [4.78, 5) is 54.0. The Balaban J connectivity index is 1.07. The van der Waals surface area contributed by atoms with E-state index in [-0.39, 0.29) is 48.0 Å². The van der Waals surface area contributed by atoms with E-state index in [9.17, 15) is 22.8 Å². The molecule has 260 valence electrons. The summed E-state index contributed by atoms with van der Waals surface area (Å²) in [7, 11) is -2.60. The van der Waals surface area contributed by atoms with E-state index in [1.807, 2.05) is 50.2 Å². The molecule has 3 amide bonds. The van der Waals surface area contributed by atoms with Gasteiger partial charge in [0.15, 0.2) is 5.13 Å². The second-order valence-electron chi connectivity index (χ2n) is 12.7. The van der Waals surface area contributed by atoms with Crippen molar-refractivity contribution < 1.29 is 27.5 Å². The molecule has 2 aliphatic heterocycles. The molecule has 4 heterocycles. The van der Waals surface area contributed by atoms with Crippen molar-refractivity contribution in [2.24, 2.45) is 5.92 Å². The zero-order chi connectivity index (χ0) is 35.2. The molecule has 0 unspecified atom stereocenters. The Labute approximate surface area is 294 Å². The Kier molecular flexibility index (Phi) is 9.05. The van der Waals surface area contributed by atoms with Gasteiger partial charge in [0.25, 0.3) is 5.91 Å². The fourth-order valence-electron chi connectivity index (χ4n) is 6.41. The Morgan fingerprint density at radius 3 is 2.54 bits per heavy atom. The van der Waals surface area contributed by atoms with Crippen LogP contribution in [0.2, 0.25) is 0 Å². The number of sulfonamides is 1. The second-order valence-corrected chi connectivity index (χ2v) is 15.5. The van der Waals surface area contributed by atoms with Crippen molar-refractivity contribution in [3.8, 4) is 10.4 Å². The van der Waals surface area contributed by atoms with Crippen molar-refractivity contribution in [1.82, 2.24) is 24.5 Å². The lowest BCUT2D eigenvalue weighted by molar-refractivity contribution is -0.121. The van der Waals surface area contributed by atoms with E-state index >= 15 is 0 Å². The van der Waals surface area contributed by atoms with Gasteiger partial charge >= 0.3 is 6.09 Å². The minimum Gasteiger partial charge on any atom is -0.445 e. The maximum absolute atomic E-state index is 13.5. The fraction of sp³-hybridized carbons (Fsp3) is 0.343. The number of piperazine rings is 1. The molecule has 50 heavy (non-hydrogen) atoms. The first-order valence-corrected chi connectivity index (χ1v) is 18.7. The van der Waals surface area contributed by atoms with Crippen LogP contribution in [0, 0.1) is 12.8 Å². The molecule has 1 atom stereocenters. The molecule has 2 aromatic heterocycles. The number of aromatic nitrogens is 2. The normalized spacial score (nSPS) is 16.8. The van der Waals surface area contributed by atoms with Crippen LogP contribution in [0.4, 0.5) is 21.6 Å². The van der Waals surface area contributed by atoms with Gasteiger partial charge in [-0.25, -0.2) is 27.9 Å². The van der Waals surface area contributed by atoms with Crippen LogP contribution in [-0.2, 0) is 32.7 Å². The zero-order valence-corrected chi connectivity index (χ0v) is 29.5. The van der Waals surface area contributed by atoms with Gasteiger partial charge in [0.1, 0.15) is 24.8 Å². The number of nitrogens with one attached hydrogen (secondary N) is 2. The van der Waals surface area contributed by atoms with Crippen molar-refractivity contribution in [2.75, 3.05) is 36.9 Å². The minimum absolute atomic E-state index is 0.0334. The van der Waals surface area contributed by atoms with Gasteiger partial charge in [0, 0.05) is 25.7 Å². The maximum atomic E-state index is 13.5. The minimum atomic E-state index is -3.94. The first-order chi connectivity index (χ1) is 24.0. The van der Waals surface area contributed by atoms with E-state index < -0.39 is 16.1 Å². The van der Waals surface area contributed by atoms with Gasteiger partial charge in [-0.1, -0.05) is 47.7 Å². The molecule has 13 nitrogen and oxygen atoms in total. The lowest BCUT2D eigenvalue weighted by Gasteiger charge is -2.33. The molecule has 3 aliphatic rings. The molecule has 4 aromatic rings. The third-order valence-corrected chi connectivity index (χ3v) is 11.9. The summed E-state index contributed by atoms with van der Waals surface area (Å²) in [5.41, 5.74) is 3.11. The summed E-state index contributed by atoms with van der Waals surface area (Å²) in [5.74, 6) is 0.803. The molecule has 2 N–H and O–H groups in total. The maximum Gasteiger partial charge on any atom is 0.410 e. The topological polar surface area (TPSA) is 154 Å². The van der Waals surface area contributed by atoms with Crippen LogP contribution >= 0.6 is 11.3 Å². The van der Waals surface area contributed by atoms with Crippen molar-refractivity contribution in [2.45, 2.75) is 50.8 Å². The first-order valence-electron chi connectivity index (χ1n) is 16.4. The predicted octanol–water partition coefficient (Wildman–Crippen LogP) is 4.90. The lowest BCUT2D eigenvalue weighted by Crippen LogP contribution is -2.52. The van der Waals surface area contributed by atoms with Crippen molar-refractivity contribution >= 4 is 56.0 Å². The average molecular weight is 716 g/mol. The lowest BCUT2D eigenvalue weighted by atomic mass is 10.0. The number of hydrogen-bond acceptors (Lipinski definition) is 10. The highest BCUT2D eigenvalue weighted by atomic mass is 32.2. The number of aryl methyl sites for hydroxylation is 1. The number of pyridine rings is 1. The van der Waals surface area contributed by atoms with Gasteiger partial charge in [-0.2, -0.15) is 0 Å². The number of carbonyl (C=O) groups is 3.